The van der Waals surface area contributed by atoms with E-state index in [0.29, 0.717) is 18.8 Å². The van der Waals surface area contributed by atoms with Gasteiger partial charge in [-0.15, -0.1) is 0 Å². The third-order valence-electron chi connectivity index (χ3n) is 3.02. The average molecular weight is 238 g/mol. The number of hydrogen-bond acceptors (Lipinski definition) is 4. The molecule has 2 heterocycles. The molecular formula is C11H14N2O4. The van der Waals surface area contributed by atoms with Gasteiger partial charge in [0.2, 0.25) is 0 Å². The topological polar surface area (TPSA) is 83.6 Å². The Morgan fingerprint density at radius 3 is 2.71 bits per heavy atom. The van der Waals surface area contributed by atoms with Crippen molar-refractivity contribution in [3.8, 4) is 0 Å². The van der Waals surface area contributed by atoms with E-state index < -0.39 is 5.97 Å². The zero-order chi connectivity index (χ0) is 12.3. The minimum absolute atomic E-state index is 0.146. The number of nitrogens with zero attached hydrogens (tertiary/aromatic N) is 2. The first-order chi connectivity index (χ1) is 8.16. The van der Waals surface area contributed by atoms with E-state index in [1.165, 1.54) is 12.3 Å². The van der Waals surface area contributed by atoms with Gasteiger partial charge in [-0.2, -0.15) is 0 Å². The van der Waals surface area contributed by atoms with E-state index in [4.69, 9.17) is 5.11 Å². The zero-order valence-corrected chi connectivity index (χ0v) is 9.33. The van der Waals surface area contributed by atoms with Crippen LogP contribution in [0, 0.1) is 5.92 Å². The molecule has 6 nitrogen and oxygen atoms in total. The van der Waals surface area contributed by atoms with Gasteiger partial charge >= 0.3 is 5.97 Å². The van der Waals surface area contributed by atoms with Crippen LogP contribution < -0.4 is 0 Å². The molecule has 1 saturated heterocycles. The van der Waals surface area contributed by atoms with Crippen LogP contribution in [0.3, 0.4) is 0 Å². The number of carboxylic acids is 1. The molecule has 92 valence electrons. The second kappa shape index (κ2) is 4.99. The second-order valence-corrected chi connectivity index (χ2v) is 4.22. The van der Waals surface area contributed by atoms with Gasteiger partial charge in [-0.3, -0.25) is 9.59 Å². The minimum atomic E-state index is -0.772. The fourth-order valence-corrected chi connectivity index (χ4v) is 2.07. The summed E-state index contributed by atoms with van der Waals surface area (Å²) in [7, 11) is 0. The number of amides is 1. The summed E-state index contributed by atoms with van der Waals surface area (Å²) in [5.41, 5.74) is 0.307. The lowest BCUT2D eigenvalue weighted by molar-refractivity contribution is -0.138. The van der Waals surface area contributed by atoms with Crippen LogP contribution in [-0.2, 0) is 4.79 Å². The number of rotatable bonds is 3. The maximum Gasteiger partial charge on any atom is 0.303 e. The minimum Gasteiger partial charge on any atom is -0.481 e. The summed E-state index contributed by atoms with van der Waals surface area (Å²) < 4.78 is 4.62. The maximum atomic E-state index is 11.9. The lowest BCUT2D eigenvalue weighted by Crippen LogP contribution is -2.39. The fourth-order valence-electron chi connectivity index (χ4n) is 2.07. The van der Waals surface area contributed by atoms with E-state index in [1.54, 1.807) is 4.90 Å². The summed E-state index contributed by atoms with van der Waals surface area (Å²) in [6.07, 6.45) is 3.02. The molecule has 6 heteroatoms. The largest absolute Gasteiger partial charge is 0.481 e. The van der Waals surface area contributed by atoms with Gasteiger partial charge in [0.1, 0.15) is 6.26 Å². The normalized spacial score (nSPS) is 17.1. The second-order valence-electron chi connectivity index (χ2n) is 4.22. The van der Waals surface area contributed by atoms with Crippen molar-refractivity contribution in [2.45, 2.75) is 19.3 Å². The highest BCUT2D eigenvalue weighted by atomic mass is 16.5. The molecule has 1 aromatic rings. The monoisotopic (exact) mass is 238 g/mol. The van der Waals surface area contributed by atoms with Crippen molar-refractivity contribution in [1.29, 1.82) is 0 Å². The van der Waals surface area contributed by atoms with Gasteiger partial charge in [0.25, 0.3) is 5.91 Å². The highest BCUT2D eigenvalue weighted by Gasteiger charge is 2.25. The van der Waals surface area contributed by atoms with Gasteiger partial charge in [0.05, 0.1) is 0 Å². The Kier molecular flexibility index (Phi) is 3.41. The van der Waals surface area contributed by atoms with Crippen molar-refractivity contribution >= 4 is 11.9 Å². The summed E-state index contributed by atoms with van der Waals surface area (Å²) in [5.74, 6) is -0.743. The van der Waals surface area contributed by atoms with Crippen LogP contribution in [0.15, 0.2) is 16.9 Å². The Labute approximate surface area is 98.2 Å². The van der Waals surface area contributed by atoms with E-state index in [0.717, 1.165) is 12.8 Å². The van der Waals surface area contributed by atoms with Crippen LogP contribution in [0.4, 0.5) is 0 Å². The molecular weight excluding hydrogens is 224 g/mol. The molecule has 1 aliphatic heterocycles. The van der Waals surface area contributed by atoms with Crippen LogP contribution >= 0.6 is 0 Å². The Hall–Kier alpha value is -1.85. The lowest BCUT2D eigenvalue weighted by atomic mass is 9.93. The third-order valence-corrected chi connectivity index (χ3v) is 3.02. The molecule has 0 saturated carbocycles. The summed E-state index contributed by atoms with van der Waals surface area (Å²) in [5, 5.41) is 12.3. The molecule has 0 unspecified atom stereocenters. The number of carboxylic acid groups (broad SMARTS) is 1. The fraction of sp³-hybridized carbons (Fsp3) is 0.545. The van der Waals surface area contributed by atoms with Crippen molar-refractivity contribution in [2.24, 2.45) is 5.92 Å². The number of likely N-dealkylation sites (tertiary alicyclic amines) is 1. The Morgan fingerprint density at radius 2 is 2.18 bits per heavy atom. The lowest BCUT2D eigenvalue weighted by Gasteiger charge is -2.30. The van der Waals surface area contributed by atoms with E-state index in [1.807, 2.05) is 0 Å². The SMILES string of the molecule is O=C(O)CC1CCN(C(=O)c2ccon2)CC1. The number of aromatic nitrogens is 1. The molecule has 0 atom stereocenters. The predicted molar refractivity (Wildman–Crippen MR) is 57.4 cm³/mol. The van der Waals surface area contributed by atoms with Gasteiger partial charge in [0, 0.05) is 25.6 Å². The number of hydrogen-bond donors (Lipinski definition) is 1. The van der Waals surface area contributed by atoms with E-state index >= 15 is 0 Å². The van der Waals surface area contributed by atoms with Crippen molar-refractivity contribution in [1.82, 2.24) is 10.1 Å². The quantitative estimate of drug-likeness (QED) is 0.849. The van der Waals surface area contributed by atoms with Gasteiger partial charge in [-0.1, -0.05) is 5.16 Å². The number of piperidine rings is 1. The van der Waals surface area contributed by atoms with Gasteiger partial charge in [-0.05, 0) is 18.8 Å². The Morgan fingerprint density at radius 1 is 1.47 bits per heavy atom. The van der Waals surface area contributed by atoms with Crippen molar-refractivity contribution < 1.29 is 19.2 Å². The standard InChI is InChI=1S/C11H14N2O4/c14-10(15)7-8-1-4-13(5-2-8)11(16)9-3-6-17-12-9/h3,6,8H,1-2,4-5,7H2,(H,14,15). The summed E-state index contributed by atoms with van der Waals surface area (Å²) in [6.45, 7) is 1.17. The molecule has 17 heavy (non-hydrogen) atoms. The zero-order valence-electron chi connectivity index (χ0n) is 9.33. The first kappa shape index (κ1) is 11.6. The van der Waals surface area contributed by atoms with Crippen LogP contribution in [0.1, 0.15) is 29.8 Å². The summed E-state index contributed by atoms with van der Waals surface area (Å²) in [6, 6.07) is 1.53. The molecule has 1 aromatic heterocycles. The Bertz CT molecular complexity index is 394. The molecule has 0 aliphatic carbocycles. The third kappa shape index (κ3) is 2.83. The molecule has 0 bridgehead atoms. The maximum absolute atomic E-state index is 11.9. The van der Waals surface area contributed by atoms with Crippen LogP contribution in [0.2, 0.25) is 0 Å². The molecule has 2 rings (SSSR count). The first-order valence-corrected chi connectivity index (χ1v) is 5.58. The highest BCUT2D eigenvalue weighted by molar-refractivity contribution is 5.92. The van der Waals surface area contributed by atoms with Crippen molar-refractivity contribution in [2.75, 3.05) is 13.1 Å². The molecule has 0 radical (unpaired) electrons. The first-order valence-electron chi connectivity index (χ1n) is 5.58. The summed E-state index contributed by atoms with van der Waals surface area (Å²) >= 11 is 0. The van der Waals surface area contributed by atoms with Gasteiger partial charge in [-0.25, -0.2) is 0 Å². The van der Waals surface area contributed by atoms with E-state index in [2.05, 4.69) is 9.68 Å². The Balaban J connectivity index is 1.87. The average Bonchev–Trinajstić information content (AvgIpc) is 2.82. The molecule has 1 fully saturated rings. The smallest absolute Gasteiger partial charge is 0.303 e. The summed E-state index contributed by atoms with van der Waals surface area (Å²) in [4.78, 5) is 24.1. The van der Waals surface area contributed by atoms with Crippen molar-refractivity contribution in [3.05, 3.63) is 18.0 Å². The number of aliphatic carboxylic acids is 1. The van der Waals surface area contributed by atoms with Gasteiger partial charge < -0.3 is 14.5 Å². The molecule has 1 N–H and O–H groups in total. The highest BCUT2D eigenvalue weighted by Crippen LogP contribution is 2.21. The number of carbonyl (C=O) groups is 2. The molecule has 1 aliphatic rings. The van der Waals surface area contributed by atoms with Crippen LogP contribution in [0.5, 0.6) is 0 Å². The van der Waals surface area contributed by atoms with E-state index in [9.17, 15) is 9.59 Å². The van der Waals surface area contributed by atoms with E-state index in [-0.39, 0.29) is 18.2 Å². The van der Waals surface area contributed by atoms with Crippen LogP contribution in [-0.4, -0.2) is 40.1 Å². The molecule has 0 aromatic carbocycles. The number of carbonyl (C=O) groups excluding carboxylic acids is 1. The predicted octanol–water partition coefficient (Wildman–Crippen LogP) is 1.00. The molecule has 0 spiro atoms. The van der Waals surface area contributed by atoms with Crippen LogP contribution in [0.25, 0.3) is 0 Å². The molecule has 1 amide bonds. The van der Waals surface area contributed by atoms with Gasteiger partial charge in [0.15, 0.2) is 5.69 Å². The van der Waals surface area contributed by atoms with Crippen molar-refractivity contribution in [3.63, 3.8) is 0 Å².